The highest BCUT2D eigenvalue weighted by atomic mass is 16.4. The molecule has 0 heterocycles. The van der Waals surface area contributed by atoms with Gasteiger partial charge in [0.25, 0.3) is 0 Å². The van der Waals surface area contributed by atoms with Crippen molar-refractivity contribution in [1.29, 1.82) is 0 Å². The number of amides is 3. The summed E-state index contributed by atoms with van der Waals surface area (Å²) in [6.07, 6.45) is -4.18. The highest BCUT2D eigenvalue weighted by molar-refractivity contribution is 5.95. The van der Waals surface area contributed by atoms with Crippen LogP contribution in [0.2, 0.25) is 0 Å². The summed E-state index contributed by atoms with van der Waals surface area (Å²) in [5.74, 6) is -10.7. The molecule has 3 amide bonds. The fraction of sp³-hybridized carbons (Fsp3) is 0.579. The van der Waals surface area contributed by atoms with Crippen LogP contribution in [-0.2, 0) is 38.4 Å². The molecule has 4 atom stereocenters. The molecule has 0 aromatic heterocycles. The number of carboxylic acid groups (broad SMARTS) is 5. The Morgan fingerprint density at radius 1 is 0.528 bits per heavy atom. The van der Waals surface area contributed by atoms with E-state index in [9.17, 15) is 38.4 Å². The number of aliphatic carboxylic acids is 5. The van der Waals surface area contributed by atoms with Gasteiger partial charge >= 0.3 is 29.8 Å². The lowest BCUT2D eigenvalue weighted by Gasteiger charge is -2.24. The van der Waals surface area contributed by atoms with E-state index in [2.05, 4.69) is 5.32 Å². The fourth-order valence-electron chi connectivity index (χ4n) is 2.68. The molecule has 0 radical (unpaired) electrons. The van der Waals surface area contributed by atoms with Crippen molar-refractivity contribution < 1.29 is 63.9 Å². The van der Waals surface area contributed by atoms with Gasteiger partial charge in [-0.1, -0.05) is 0 Å². The van der Waals surface area contributed by atoms with Crippen molar-refractivity contribution in [2.75, 3.05) is 0 Å². The number of rotatable bonds is 18. The number of nitrogens with one attached hydrogen (secondary N) is 3. The largest absolute Gasteiger partial charge is 0.481 e. The number of hydrogen-bond donors (Lipinski definition) is 9. The molecule has 17 heteroatoms. The van der Waals surface area contributed by atoms with Gasteiger partial charge < -0.3 is 47.2 Å². The molecule has 0 aliphatic heterocycles. The molecule has 0 aromatic carbocycles. The molecule has 0 saturated carbocycles. The molecule has 0 rings (SSSR count). The van der Waals surface area contributed by atoms with Gasteiger partial charge in [0.15, 0.2) is 0 Å². The lowest BCUT2D eigenvalue weighted by Crippen LogP contribution is -2.57. The van der Waals surface area contributed by atoms with Crippen molar-refractivity contribution >= 4 is 47.6 Å². The van der Waals surface area contributed by atoms with Gasteiger partial charge in [0.05, 0.1) is 12.5 Å². The summed E-state index contributed by atoms with van der Waals surface area (Å²) < 4.78 is 0. The molecule has 10 N–H and O–H groups in total. The van der Waals surface area contributed by atoms with E-state index in [4.69, 9.17) is 31.3 Å². The van der Waals surface area contributed by atoms with Gasteiger partial charge in [0.2, 0.25) is 17.7 Å². The summed E-state index contributed by atoms with van der Waals surface area (Å²) in [5, 5.41) is 50.5. The van der Waals surface area contributed by atoms with Gasteiger partial charge in [0, 0.05) is 19.3 Å². The molecule has 36 heavy (non-hydrogen) atoms. The second-order valence-electron chi connectivity index (χ2n) is 7.52. The zero-order valence-electron chi connectivity index (χ0n) is 18.8. The topological polar surface area (TPSA) is 300 Å². The number of carbonyl (C=O) groups is 8. The maximum absolute atomic E-state index is 12.7. The zero-order valence-corrected chi connectivity index (χ0v) is 18.8. The van der Waals surface area contributed by atoms with Crippen LogP contribution in [0.3, 0.4) is 0 Å². The summed E-state index contributed by atoms with van der Waals surface area (Å²) >= 11 is 0. The van der Waals surface area contributed by atoms with Crippen molar-refractivity contribution in [3.63, 3.8) is 0 Å². The van der Waals surface area contributed by atoms with Gasteiger partial charge in [-0.3, -0.25) is 33.6 Å². The van der Waals surface area contributed by atoms with E-state index in [1.807, 2.05) is 10.6 Å². The van der Waals surface area contributed by atoms with Crippen molar-refractivity contribution in [1.82, 2.24) is 16.0 Å². The summed E-state index contributed by atoms with van der Waals surface area (Å²) in [6.45, 7) is 0. The first-order chi connectivity index (χ1) is 16.6. The van der Waals surface area contributed by atoms with E-state index in [-0.39, 0.29) is 6.42 Å². The third kappa shape index (κ3) is 13.4. The van der Waals surface area contributed by atoms with Crippen LogP contribution in [0, 0.1) is 0 Å². The first-order valence-corrected chi connectivity index (χ1v) is 10.4. The third-order valence-corrected chi connectivity index (χ3v) is 4.56. The second kappa shape index (κ2) is 15.6. The van der Waals surface area contributed by atoms with Crippen LogP contribution in [0.1, 0.15) is 44.9 Å². The van der Waals surface area contributed by atoms with E-state index in [0.717, 1.165) is 0 Å². The summed E-state index contributed by atoms with van der Waals surface area (Å²) in [5.41, 5.74) is 5.56. The molecule has 0 aromatic rings. The first kappa shape index (κ1) is 31.7. The van der Waals surface area contributed by atoms with Gasteiger partial charge in [-0.25, -0.2) is 4.79 Å². The van der Waals surface area contributed by atoms with E-state index < -0.39 is 110 Å². The molecular formula is C19H28N4O13. The summed E-state index contributed by atoms with van der Waals surface area (Å²) in [6, 6.07) is -6.62. The Morgan fingerprint density at radius 3 is 1.36 bits per heavy atom. The Hall–Kier alpha value is -4.28. The molecule has 17 nitrogen and oxygen atoms in total. The Kier molecular flexibility index (Phi) is 13.7. The van der Waals surface area contributed by atoms with E-state index >= 15 is 0 Å². The minimum Gasteiger partial charge on any atom is -0.481 e. The van der Waals surface area contributed by atoms with E-state index in [1.165, 1.54) is 0 Å². The lowest BCUT2D eigenvalue weighted by molar-refractivity contribution is -0.144. The maximum atomic E-state index is 12.7. The average molecular weight is 520 g/mol. The monoisotopic (exact) mass is 520 g/mol. The van der Waals surface area contributed by atoms with Crippen molar-refractivity contribution in [2.45, 2.75) is 69.1 Å². The molecule has 0 aliphatic rings. The Labute approximate surface area is 203 Å². The smallest absolute Gasteiger partial charge is 0.326 e. The first-order valence-electron chi connectivity index (χ1n) is 10.4. The average Bonchev–Trinajstić information content (AvgIpc) is 2.75. The molecule has 0 fully saturated rings. The molecule has 0 aliphatic carbocycles. The van der Waals surface area contributed by atoms with Crippen LogP contribution in [0.15, 0.2) is 0 Å². The minimum atomic E-state index is -1.88. The molecule has 0 spiro atoms. The molecule has 202 valence electrons. The van der Waals surface area contributed by atoms with E-state index in [0.29, 0.717) is 0 Å². The highest BCUT2D eigenvalue weighted by Gasteiger charge is 2.32. The summed E-state index contributed by atoms with van der Waals surface area (Å²) in [7, 11) is 0. The van der Waals surface area contributed by atoms with Gasteiger partial charge in [-0.2, -0.15) is 0 Å². The second-order valence-corrected chi connectivity index (χ2v) is 7.52. The SMILES string of the molecule is N[C@@H](CCC(=O)O)C(=O)N[C@@H](CCC(=O)O)C(=O)N[C@@H](CC(=O)O)C(=O)N[C@@H](CCC(=O)O)C(=O)O. The third-order valence-electron chi connectivity index (χ3n) is 4.56. The fourth-order valence-corrected chi connectivity index (χ4v) is 2.68. The van der Waals surface area contributed by atoms with Crippen LogP contribution in [0.5, 0.6) is 0 Å². The number of nitrogens with two attached hydrogens (primary N) is 1. The van der Waals surface area contributed by atoms with Crippen molar-refractivity contribution in [2.24, 2.45) is 5.73 Å². The molecular weight excluding hydrogens is 492 g/mol. The molecule has 0 bridgehead atoms. The number of carboxylic acids is 5. The zero-order chi connectivity index (χ0) is 28.0. The molecule has 0 saturated heterocycles. The van der Waals surface area contributed by atoms with E-state index in [1.54, 1.807) is 0 Å². The minimum absolute atomic E-state index is 0.314. The standard InChI is InChI=1S/C19H28N4O13/c20-8(1-4-12(24)25)16(32)21-9(2-5-13(26)27)17(33)23-11(7-15(30)31)18(34)22-10(19(35)36)3-6-14(28)29/h8-11H,1-7,20H2,(H,21,32)(H,22,34)(H,23,33)(H,24,25)(H,26,27)(H,28,29)(H,30,31)(H,35,36)/t8-,9-,10-,11-/m0/s1. The quantitative estimate of drug-likeness (QED) is 0.0866. The molecule has 0 unspecified atom stereocenters. The number of carbonyl (C=O) groups excluding carboxylic acids is 3. The Bertz CT molecular complexity index is 875. The number of hydrogen-bond acceptors (Lipinski definition) is 9. The Morgan fingerprint density at radius 2 is 0.917 bits per heavy atom. The van der Waals surface area contributed by atoms with Gasteiger partial charge in [-0.15, -0.1) is 0 Å². The van der Waals surface area contributed by atoms with Gasteiger partial charge in [-0.05, 0) is 19.3 Å². The van der Waals surface area contributed by atoms with Crippen molar-refractivity contribution in [3.8, 4) is 0 Å². The predicted molar refractivity (Wildman–Crippen MR) is 114 cm³/mol. The summed E-state index contributed by atoms with van der Waals surface area (Å²) in [4.78, 5) is 92.1. The van der Waals surface area contributed by atoms with Gasteiger partial charge in [0.1, 0.15) is 18.1 Å². The predicted octanol–water partition coefficient (Wildman–Crippen LogP) is -3.08. The Balaban J connectivity index is 5.58. The van der Waals surface area contributed by atoms with Crippen molar-refractivity contribution in [3.05, 3.63) is 0 Å². The van der Waals surface area contributed by atoms with Crippen LogP contribution in [-0.4, -0.2) is 97.3 Å². The van der Waals surface area contributed by atoms with Crippen LogP contribution in [0.25, 0.3) is 0 Å². The lowest BCUT2D eigenvalue weighted by atomic mass is 10.1. The highest BCUT2D eigenvalue weighted by Crippen LogP contribution is 2.05. The van der Waals surface area contributed by atoms with Crippen LogP contribution in [0.4, 0.5) is 0 Å². The normalized spacial score (nSPS) is 13.8. The van der Waals surface area contributed by atoms with Crippen LogP contribution < -0.4 is 21.7 Å². The van der Waals surface area contributed by atoms with Crippen LogP contribution >= 0.6 is 0 Å². The maximum Gasteiger partial charge on any atom is 0.326 e.